The van der Waals surface area contributed by atoms with Gasteiger partial charge in [-0.05, 0) is 26.7 Å². The van der Waals surface area contributed by atoms with Crippen LogP contribution < -0.4 is 0 Å². The van der Waals surface area contributed by atoms with E-state index in [1.165, 1.54) is 26.2 Å². The van der Waals surface area contributed by atoms with Crippen LogP contribution in [0.3, 0.4) is 0 Å². The standard InChI is InChI=1S/C12H21NO2/c1-3-13(12(15)9-10(2)14)11-7-5-4-6-8-11/h11H,3-9H2,1-2H3. The van der Waals surface area contributed by atoms with Gasteiger partial charge >= 0.3 is 0 Å². The Kier molecular flexibility index (Phi) is 4.79. The number of carbonyl (C=O) groups is 2. The van der Waals surface area contributed by atoms with Crippen molar-refractivity contribution in [3.63, 3.8) is 0 Å². The molecule has 0 saturated heterocycles. The molecule has 1 aliphatic carbocycles. The summed E-state index contributed by atoms with van der Waals surface area (Å²) < 4.78 is 0. The fourth-order valence-corrected chi connectivity index (χ4v) is 2.35. The average molecular weight is 211 g/mol. The molecule has 0 aromatic rings. The summed E-state index contributed by atoms with van der Waals surface area (Å²) in [4.78, 5) is 24.6. The van der Waals surface area contributed by atoms with E-state index in [4.69, 9.17) is 0 Å². The minimum absolute atomic E-state index is 0.0110. The van der Waals surface area contributed by atoms with Gasteiger partial charge in [0.15, 0.2) is 0 Å². The first-order valence-electron chi connectivity index (χ1n) is 5.94. The molecule has 0 bridgehead atoms. The maximum absolute atomic E-state index is 11.8. The predicted octanol–water partition coefficient (Wildman–Crippen LogP) is 2.15. The summed E-state index contributed by atoms with van der Waals surface area (Å²) in [5.74, 6) is -0.0221. The summed E-state index contributed by atoms with van der Waals surface area (Å²) in [6.45, 7) is 4.20. The molecule has 0 aromatic carbocycles. The number of ketones is 1. The molecular weight excluding hydrogens is 190 g/mol. The first-order valence-corrected chi connectivity index (χ1v) is 5.94. The van der Waals surface area contributed by atoms with Crippen LogP contribution in [-0.2, 0) is 9.59 Å². The summed E-state index contributed by atoms with van der Waals surface area (Å²) in [7, 11) is 0. The highest BCUT2D eigenvalue weighted by Crippen LogP contribution is 2.22. The molecule has 0 spiro atoms. The Hall–Kier alpha value is -0.860. The fourth-order valence-electron chi connectivity index (χ4n) is 2.35. The van der Waals surface area contributed by atoms with Crippen molar-refractivity contribution in [1.29, 1.82) is 0 Å². The van der Waals surface area contributed by atoms with E-state index in [1.807, 2.05) is 11.8 Å². The topological polar surface area (TPSA) is 37.4 Å². The molecule has 3 heteroatoms. The summed E-state index contributed by atoms with van der Waals surface area (Å²) >= 11 is 0. The lowest BCUT2D eigenvalue weighted by molar-refractivity contribution is -0.137. The van der Waals surface area contributed by atoms with Crippen LogP contribution in [0.2, 0.25) is 0 Å². The molecule has 86 valence electrons. The monoisotopic (exact) mass is 211 g/mol. The minimum Gasteiger partial charge on any atom is -0.340 e. The first kappa shape index (κ1) is 12.2. The Labute approximate surface area is 91.8 Å². The summed E-state index contributed by atoms with van der Waals surface area (Å²) in [5, 5.41) is 0. The molecule has 3 nitrogen and oxygen atoms in total. The molecule has 0 heterocycles. The number of hydrogen-bond acceptors (Lipinski definition) is 2. The number of amides is 1. The third-order valence-corrected chi connectivity index (χ3v) is 3.08. The van der Waals surface area contributed by atoms with Gasteiger partial charge in [0.25, 0.3) is 0 Å². The van der Waals surface area contributed by atoms with Crippen molar-refractivity contribution in [3.8, 4) is 0 Å². The molecule has 1 rings (SSSR count). The van der Waals surface area contributed by atoms with E-state index in [0.717, 1.165) is 19.4 Å². The Bertz CT molecular complexity index is 232. The van der Waals surface area contributed by atoms with Crippen molar-refractivity contribution in [3.05, 3.63) is 0 Å². The second-order valence-corrected chi connectivity index (χ2v) is 4.35. The van der Waals surface area contributed by atoms with Crippen LogP contribution in [0, 0.1) is 0 Å². The Morgan fingerprint density at radius 1 is 1.20 bits per heavy atom. The number of Topliss-reactive ketones (excluding diaryl/α,β-unsaturated/α-hetero) is 1. The minimum atomic E-state index is -0.0331. The van der Waals surface area contributed by atoms with Gasteiger partial charge in [0, 0.05) is 12.6 Å². The number of rotatable bonds is 4. The van der Waals surface area contributed by atoms with Gasteiger partial charge in [0.1, 0.15) is 5.78 Å². The van der Waals surface area contributed by atoms with E-state index < -0.39 is 0 Å². The van der Waals surface area contributed by atoms with Crippen LogP contribution in [0.5, 0.6) is 0 Å². The van der Waals surface area contributed by atoms with Crippen molar-refractivity contribution in [2.24, 2.45) is 0 Å². The first-order chi connectivity index (χ1) is 7.15. The second kappa shape index (κ2) is 5.89. The molecular formula is C12H21NO2. The summed E-state index contributed by atoms with van der Waals surface area (Å²) in [6, 6.07) is 0.385. The van der Waals surface area contributed by atoms with Crippen LogP contribution in [0.4, 0.5) is 0 Å². The Balaban J connectivity index is 2.52. The van der Waals surface area contributed by atoms with Gasteiger partial charge < -0.3 is 4.90 Å². The lowest BCUT2D eigenvalue weighted by Gasteiger charge is -2.33. The third-order valence-electron chi connectivity index (χ3n) is 3.08. The van der Waals surface area contributed by atoms with Crippen molar-refractivity contribution in [1.82, 2.24) is 4.90 Å². The zero-order chi connectivity index (χ0) is 11.3. The number of carbonyl (C=O) groups excluding carboxylic acids is 2. The van der Waals surface area contributed by atoms with Gasteiger partial charge in [-0.1, -0.05) is 19.3 Å². The van der Waals surface area contributed by atoms with Gasteiger partial charge in [-0.3, -0.25) is 9.59 Å². The molecule has 0 N–H and O–H groups in total. The molecule has 1 fully saturated rings. The van der Waals surface area contributed by atoms with Crippen molar-refractivity contribution in [2.45, 2.75) is 58.4 Å². The Morgan fingerprint density at radius 3 is 2.27 bits per heavy atom. The van der Waals surface area contributed by atoms with E-state index in [2.05, 4.69) is 0 Å². The number of nitrogens with zero attached hydrogens (tertiary/aromatic N) is 1. The molecule has 0 unspecified atom stereocenters. The van der Waals surface area contributed by atoms with E-state index in [0.29, 0.717) is 6.04 Å². The van der Waals surface area contributed by atoms with Crippen molar-refractivity contribution in [2.75, 3.05) is 6.54 Å². The van der Waals surface area contributed by atoms with Gasteiger partial charge in [-0.25, -0.2) is 0 Å². The average Bonchev–Trinajstić information content (AvgIpc) is 2.19. The molecule has 0 radical (unpaired) electrons. The smallest absolute Gasteiger partial charge is 0.230 e. The molecule has 0 aliphatic heterocycles. The molecule has 1 aliphatic rings. The third kappa shape index (κ3) is 3.65. The predicted molar refractivity (Wildman–Crippen MR) is 59.6 cm³/mol. The fraction of sp³-hybridized carbons (Fsp3) is 0.833. The Morgan fingerprint density at radius 2 is 1.80 bits per heavy atom. The molecule has 15 heavy (non-hydrogen) atoms. The van der Waals surface area contributed by atoms with Gasteiger partial charge in [-0.2, -0.15) is 0 Å². The lowest BCUT2D eigenvalue weighted by atomic mass is 9.94. The molecule has 1 amide bonds. The largest absolute Gasteiger partial charge is 0.340 e. The van der Waals surface area contributed by atoms with Crippen LogP contribution in [0.25, 0.3) is 0 Å². The normalized spacial score (nSPS) is 17.5. The van der Waals surface area contributed by atoms with Crippen LogP contribution in [0.15, 0.2) is 0 Å². The highest BCUT2D eigenvalue weighted by molar-refractivity contribution is 5.96. The van der Waals surface area contributed by atoms with Gasteiger partial charge in [0.05, 0.1) is 6.42 Å². The summed E-state index contributed by atoms with van der Waals surface area (Å²) in [6.07, 6.45) is 6.01. The lowest BCUT2D eigenvalue weighted by Crippen LogP contribution is -2.41. The van der Waals surface area contributed by atoms with Crippen LogP contribution >= 0.6 is 0 Å². The maximum Gasteiger partial charge on any atom is 0.230 e. The zero-order valence-electron chi connectivity index (χ0n) is 9.79. The van der Waals surface area contributed by atoms with E-state index in [9.17, 15) is 9.59 Å². The molecule has 1 saturated carbocycles. The molecule has 0 atom stereocenters. The van der Waals surface area contributed by atoms with Crippen molar-refractivity contribution < 1.29 is 9.59 Å². The summed E-state index contributed by atoms with van der Waals surface area (Å²) in [5.41, 5.74) is 0. The van der Waals surface area contributed by atoms with Crippen molar-refractivity contribution >= 4 is 11.7 Å². The van der Waals surface area contributed by atoms with E-state index in [1.54, 1.807) is 0 Å². The highest BCUT2D eigenvalue weighted by Gasteiger charge is 2.24. The van der Waals surface area contributed by atoms with Crippen LogP contribution in [-0.4, -0.2) is 29.2 Å². The van der Waals surface area contributed by atoms with Gasteiger partial charge in [-0.15, -0.1) is 0 Å². The maximum atomic E-state index is 11.8. The SMILES string of the molecule is CCN(C(=O)CC(C)=O)C1CCCCC1. The van der Waals surface area contributed by atoms with Crippen LogP contribution in [0.1, 0.15) is 52.4 Å². The highest BCUT2D eigenvalue weighted by atomic mass is 16.2. The quantitative estimate of drug-likeness (QED) is 0.668. The van der Waals surface area contributed by atoms with E-state index in [-0.39, 0.29) is 18.1 Å². The zero-order valence-corrected chi connectivity index (χ0v) is 9.79. The molecule has 0 aromatic heterocycles. The second-order valence-electron chi connectivity index (χ2n) is 4.35. The van der Waals surface area contributed by atoms with Gasteiger partial charge in [0.2, 0.25) is 5.91 Å². The number of hydrogen-bond donors (Lipinski definition) is 0. The van der Waals surface area contributed by atoms with E-state index >= 15 is 0 Å².